The van der Waals surface area contributed by atoms with E-state index in [1.54, 1.807) is 0 Å². The normalized spacial score (nSPS) is 15.6. The third-order valence-corrected chi connectivity index (χ3v) is 5.70. The number of aromatic nitrogens is 1. The summed E-state index contributed by atoms with van der Waals surface area (Å²) in [5.74, 6) is 0.724. The first-order chi connectivity index (χ1) is 13.5. The monoisotopic (exact) mass is 439 g/mol. The van der Waals surface area contributed by atoms with E-state index < -0.39 is 0 Å². The van der Waals surface area contributed by atoms with Crippen molar-refractivity contribution in [3.8, 4) is 5.75 Å². The number of benzene rings is 2. The van der Waals surface area contributed by atoms with Crippen LogP contribution >= 0.6 is 15.9 Å². The lowest BCUT2D eigenvalue weighted by molar-refractivity contribution is 0.0924. The Kier molecular flexibility index (Phi) is 4.98. The number of hydrogen-bond donors (Lipinski definition) is 1. The quantitative estimate of drug-likeness (QED) is 0.646. The van der Waals surface area contributed by atoms with Crippen LogP contribution in [0, 0.1) is 6.92 Å². The summed E-state index contributed by atoms with van der Waals surface area (Å²) in [7, 11) is 3.91. The van der Waals surface area contributed by atoms with Crippen LogP contribution in [0.5, 0.6) is 5.75 Å². The van der Waals surface area contributed by atoms with Gasteiger partial charge in [-0.05, 0) is 35.0 Å². The molecule has 4 rings (SSSR count). The van der Waals surface area contributed by atoms with Crippen LogP contribution in [0.3, 0.4) is 0 Å². The Morgan fingerprint density at radius 2 is 2.00 bits per heavy atom. The van der Waals surface area contributed by atoms with Crippen LogP contribution in [0.4, 0.5) is 5.69 Å². The second-order valence-corrected chi connectivity index (χ2v) is 8.01. The summed E-state index contributed by atoms with van der Waals surface area (Å²) in [6, 6.07) is 13.7. The fourth-order valence-corrected chi connectivity index (χ4v) is 4.26. The molecule has 1 atom stereocenters. The molecule has 0 fully saturated rings. The van der Waals surface area contributed by atoms with Gasteiger partial charge in [0.25, 0.3) is 5.91 Å². The van der Waals surface area contributed by atoms with Crippen molar-refractivity contribution < 1.29 is 9.53 Å². The van der Waals surface area contributed by atoms with Gasteiger partial charge in [0.1, 0.15) is 5.75 Å². The standard InChI is InChI=1S/C22H22BrN3O2/c1-13-19(21(26(2)3)15-8-6-9-16(23)20(15)24-13)22(27)25-17-11-12-28-18-10-5-4-7-14(17)18/h4-10,17H,11-12H2,1-3H3,(H,25,27). The maximum absolute atomic E-state index is 13.4. The highest BCUT2D eigenvalue weighted by Gasteiger charge is 2.27. The number of carbonyl (C=O) groups excluding carboxylic acids is 1. The number of rotatable bonds is 3. The Morgan fingerprint density at radius 1 is 1.21 bits per heavy atom. The fraction of sp³-hybridized carbons (Fsp3) is 0.273. The summed E-state index contributed by atoms with van der Waals surface area (Å²) in [5, 5.41) is 4.16. The molecule has 28 heavy (non-hydrogen) atoms. The van der Waals surface area contributed by atoms with E-state index >= 15 is 0 Å². The molecule has 1 aromatic heterocycles. The number of amides is 1. The van der Waals surface area contributed by atoms with E-state index in [9.17, 15) is 4.79 Å². The molecule has 3 aromatic rings. The number of fused-ring (bicyclic) bond motifs is 2. The Hall–Kier alpha value is -2.60. The molecule has 2 heterocycles. The molecule has 1 unspecified atom stereocenters. The molecule has 1 N–H and O–H groups in total. The summed E-state index contributed by atoms with van der Waals surface area (Å²) >= 11 is 3.58. The molecule has 2 aromatic carbocycles. The van der Waals surface area contributed by atoms with Crippen LogP contribution < -0.4 is 15.0 Å². The van der Waals surface area contributed by atoms with E-state index in [0.29, 0.717) is 17.9 Å². The van der Waals surface area contributed by atoms with Crippen molar-refractivity contribution in [1.82, 2.24) is 10.3 Å². The average Bonchev–Trinajstić information content (AvgIpc) is 2.68. The average molecular weight is 440 g/mol. The zero-order valence-corrected chi connectivity index (χ0v) is 17.7. The van der Waals surface area contributed by atoms with Crippen LogP contribution in [0.2, 0.25) is 0 Å². The van der Waals surface area contributed by atoms with Gasteiger partial charge >= 0.3 is 0 Å². The number of pyridine rings is 1. The number of nitrogens with one attached hydrogen (secondary N) is 1. The molecule has 0 aliphatic carbocycles. The van der Waals surface area contributed by atoms with E-state index in [1.165, 1.54) is 0 Å². The third-order valence-electron chi connectivity index (χ3n) is 5.06. The number of ether oxygens (including phenoxy) is 1. The van der Waals surface area contributed by atoms with Crippen LogP contribution in [0.1, 0.15) is 34.1 Å². The first-order valence-corrected chi connectivity index (χ1v) is 10.1. The molecule has 0 spiro atoms. The minimum absolute atomic E-state index is 0.0786. The molecule has 0 saturated carbocycles. The summed E-state index contributed by atoms with van der Waals surface area (Å²) < 4.78 is 6.64. The SMILES string of the molecule is Cc1nc2c(Br)cccc2c(N(C)C)c1C(=O)NC1CCOc2ccccc21. The molecule has 0 bridgehead atoms. The van der Waals surface area contributed by atoms with Gasteiger partial charge in [-0.1, -0.05) is 30.3 Å². The van der Waals surface area contributed by atoms with Crippen molar-refractivity contribution in [1.29, 1.82) is 0 Å². The van der Waals surface area contributed by atoms with E-state index in [2.05, 4.69) is 21.2 Å². The maximum atomic E-state index is 13.4. The van der Waals surface area contributed by atoms with Crippen molar-refractivity contribution in [3.05, 3.63) is 63.8 Å². The van der Waals surface area contributed by atoms with Crippen LogP contribution in [-0.4, -0.2) is 31.6 Å². The topological polar surface area (TPSA) is 54.5 Å². The third kappa shape index (κ3) is 3.22. The number of para-hydroxylation sites is 2. The van der Waals surface area contributed by atoms with Crippen LogP contribution in [0.15, 0.2) is 46.9 Å². The Balaban J connectivity index is 1.78. The lowest BCUT2D eigenvalue weighted by Gasteiger charge is -2.28. The van der Waals surface area contributed by atoms with Crippen LogP contribution in [-0.2, 0) is 0 Å². The van der Waals surface area contributed by atoms with Gasteiger partial charge in [0.2, 0.25) is 0 Å². The zero-order valence-electron chi connectivity index (χ0n) is 16.1. The first-order valence-electron chi connectivity index (χ1n) is 9.26. The van der Waals surface area contributed by atoms with Gasteiger partial charge in [0.05, 0.1) is 35.1 Å². The molecule has 144 valence electrons. The van der Waals surface area contributed by atoms with Gasteiger partial charge in [0.15, 0.2) is 0 Å². The number of halogens is 1. The van der Waals surface area contributed by atoms with Crippen LogP contribution in [0.25, 0.3) is 10.9 Å². The smallest absolute Gasteiger partial charge is 0.255 e. The van der Waals surface area contributed by atoms with E-state index in [4.69, 9.17) is 9.72 Å². The summed E-state index contributed by atoms with van der Waals surface area (Å²) in [6.07, 6.45) is 0.742. The highest BCUT2D eigenvalue weighted by atomic mass is 79.9. The van der Waals surface area contributed by atoms with Crippen molar-refractivity contribution in [2.24, 2.45) is 0 Å². The molecule has 1 aliphatic heterocycles. The Bertz CT molecular complexity index is 1070. The second kappa shape index (κ2) is 7.43. The van der Waals surface area contributed by atoms with Crippen molar-refractivity contribution >= 4 is 38.4 Å². The lowest BCUT2D eigenvalue weighted by Crippen LogP contribution is -2.33. The molecule has 1 aliphatic rings. The number of nitrogens with zero attached hydrogens (tertiary/aromatic N) is 2. The van der Waals surface area contributed by atoms with Gasteiger partial charge in [-0.3, -0.25) is 9.78 Å². The molecule has 0 radical (unpaired) electrons. The summed E-state index contributed by atoms with van der Waals surface area (Å²) in [4.78, 5) is 20.1. The number of hydrogen-bond acceptors (Lipinski definition) is 4. The van der Waals surface area contributed by atoms with Gasteiger partial charge in [-0.25, -0.2) is 0 Å². The Morgan fingerprint density at radius 3 is 2.79 bits per heavy atom. The van der Waals surface area contributed by atoms with Gasteiger partial charge in [-0.2, -0.15) is 0 Å². The maximum Gasteiger partial charge on any atom is 0.255 e. The summed E-state index contributed by atoms with van der Waals surface area (Å²) in [6.45, 7) is 2.48. The minimum Gasteiger partial charge on any atom is -0.493 e. The van der Waals surface area contributed by atoms with Crippen molar-refractivity contribution in [3.63, 3.8) is 0 Å². The van der Waals surface area contributed by atoms with E-state index in [-0.39, 0.29) is 11.9 Å². The highest BCUT2D eigenvalue weighted by Crippen LogP contribution is 2.36. The van der Waals surface area contributed by atoms with E-state index in [0.717, 1.165) is 38.8 Å². The number of anilines is 1. The second-order valence-electron chi connectivity index (χ2n) is 7.15. The number of aryl methyl sites for hydroxylation is 1. The van der Waals surface area contributed by atoms with E-state index in [1.807, 2.05) is 68.4 Å². The lowest BCUT2D eigenvalue weighted by atomic mass is 9.99. The fourth-order valence-electron chi connectivity index (χ4n) is 3.81. The molecule has 6 heteroatoms. The molecule has 5 nitrogen and oxygen atoms in total. The molecule has 0 saturated heterocycles. The highest BCUT2D eigenvalue weighted by molar-refractivity contribution is 9.10. The van der Waals surface area contributed by atoms with Gasteiger partial charge in [0, 0.05) is 35.9 Å². The molecular weight excluding hydrogens is 418 g/mol. The van der Waals surface area contributed by atoms with Gasteiger partial charge in [-0.15, -0.1) is 0 Å². The minimum atomic E-state index is -0.114. The molecular formula is C22H22BrN3O2. The first kappa shape index (κ1) is 18.7. The van der Waals surface area contributed by atoms with Crippen molar-refractivity contribution in [2.75, 3.05) is 25.6 Å². The van der Waals surface area contributed by atoms with Gasteiger partial charge < -0.3 is 15.0 Å². The Labute approximate surface area is 172 Å². The molecule has 1 amide bonds. The predicted molar refractivity (Wildman–Crippen MR) is 115 cm³/mol. The van der Waals surface area contributed by atoms with Crippen molar-refractivity contribution in [2.45, 2.75) is 19.4 Å². The largest absolute Gasteiger partial charge is 0.493 e. The summed E-state index contributed by atoms with van der Waals surface area (Å²) in [5.41, 5.74) is 4.07. The predicted octanol–water partition coefficient (Wildman–Crippen LogP) is 4.63. The number of carbonyl (C=O) groups is 1. The zero-order chi connectivity index (χ0) is 19.8.